The van der Waals surface area contributed by atoms with E-state index in [-0.39, 0.29) is 12.0 Å². The molecule has 8 nitrogen and oxygen atoms in total. The third-order valence-corrected chi connectivity index (χ3v) is 3.78. The molecule has 21 heavy (non-hydrogen) atoms. The molecular formula is C13H19N7O. The van der Waals surface area contributed by atoms with Crippen molar-refractivity contribution in [1.29, 1.82) is 0 Å². The summed E-state index contributed by atoms with van der Waals surface area (Å²) in [6, 6.07) is 1.82. The van der Waals surface area contributed by atoms with Crippen molar-refractivity contribution in [3.8, 4) is 5.95 Å². The number of nitrogens with zero attached hydrogens (tertiary/aromatic N) is 5. The fraction of sp³-hybridized carbons (Fsp3) is 0.538. The fourth-order valence-corrected chi connectivity index (χ4v) is 2.24. The van der Waals surface area contributed by atoms with Gasteiger partial charge in [-0.2, -0.15) is 20.1 Å². The van der Waals surface area contributed by atoms with E-state index in [4.69, 9.17) is 5.11 Å². The first-order valence-corrected chi connectivity index (χ1v) is 7.03. The maximum Gasteiger partial charge on any atom is 0.257 e. The molecule has 1 aliphatic carbocycles. The van der Waals surface area contributed by atoms with Crippen LogP contribution < -0.4 is 10.6 Å². The molecule has 0 unspecified atom stereocenters. The predicted molar refractivity (Wildman–Crippen MR) is 78.4 cm³/mol. The van der Waals surface area contributed by atoms with Crippen molar-refractivity contribution >= 4 is 11.9 Å². The lowest BCUT2D eigenvalue weighted by Gasteiger charge is -2.15. The van der Waals surface area contributed by atoms with Crippen molar-refractivity contribution in [3.63, 3.8) is 0 Å². The summed E-state index contributed by atoms with van der Waals surface area (Å²) < 4.78 is 1.59. The molecule has 1 saturated carbocycles. The van der Waals surface area contributed by atoms with Crippen molar-refractivity contribution in [1.82, 2.24) is 24.7 Å². The summed E-state index contributed by atoms with van der Waals surface area (Å²) in [5, 5.41) is 19.4. The fourth-order valence-electron chi connectivity index (χ4n) is 2.24. The lowest BCUT2D eigenvalue weighted by atomic mass is 10.0. The van der Waals surface area contributed by atoms with Gasteiger partial charge in [0, 0.05) is 32.6 Å². The van der Waals surface area contributed by atoms with E-state index in [0.29, 0.717) is 17.8 Å². The van der Waals surface area contributed by atoms with E-state index < -0.39 is 0 Å². The smallest absolute Gasteiger partial charge is 0.257 e. The van der Waals surface area contributed by atoms with E-state index in [0.717, 1.165) is 25.8 Å². The second kappa shape index (κ2) is 5.65. The molecule has 2 aromatic heterocycles. The van der Waals surface area contributed by atoms with Crippen molar-refractivity contribution in [2.75, 3.05) is 30.8 Å². The van der Waals surface area contributed by atoms with Gasteiger partial charge in [0.05, 0.1) is 0 Å². The van der Waals surface area contributed by atoms with Gasteiger partial charge < -0.3 is 15.7 Å². The van der Waals surface area contributed by atoms with Gasteiger partial charge in [0.15, 0.2) is 0 Å². The van der Waals surface area contributed by atoms with E-state index in [1.807, 2.05) is 6.07 Å². The van der Waals surface area contributed by atoms with Crippen molar-refractivity contribution in [3.05, 3.63) is 18.5 Å². The zero-order chi connectivity index (χ0) is 14.7. The number of anilines is 2. The van der Waals surface area contributed by atoms with Crippen molar-refractivity contribution in [2.45, 2.75) is 19.3 Å². The minimum atomic E-state index is 0.201. The molecule has 1 aliphatic rings. The summed E-state index contributed by atoms with van der Waals surface area (Å²) in [6.45, 7) is 0.985. The van der Waals surface area contributed by atoms with Crippen LogP contribution in [0.4, 0.5) is 11.9 Å². The number of aromatic nitrogens is 5. The number of rotatable bonds is 7. The Morgan fingerprint density at radius 2 is 2.10 bits per heavy atom. The second-order valence-electron chi connectivity index (χ2n) is 5.31. The first kappa shape index (κ1) is 13.7. The van der Waals surface area contributed by atoms with E-state index in [1.54, 1.807) is 24.1 Å². The molecule has 0 amide bonds. The largest absolute Gasteiger partial charge is 0.396 e. The summed E-state index contributed by atoms with van der Waals surface area (Å²) in [6.07, 6.45) is 6.55. The Hall–Kier alpha value is -2.22. The number of aliphatic hydroxyl groups is 1. The molecular weight excluding hydrogens is 270 g/mol. The van der Waals surface area contributed by atoms with E-state index >= 15 is 0 Å². The van der Waals surface area contributed by atoms with Gasteiger partial charge in [0.25, 0.3) is 5.95 Å². The van der Waals surface area contributed by atoms with Gasteiger partial charge in [0.2, 0.25) is 11.9 Å². The molecule has 0 atom stereocenters. The predicted octanol–water partition coefficient (Wildman–Crippen LogP) is 0.673. The third kappa shape index (κ3) is 3.10. The zero-order valence-electron chi connectivity index (χ0n) is 12.0. The average Bonchev–Trinajstić information content (AvgIpc) is 3.05. The highest BCUT2D eigenvalue weighted by Gasteiger charge is 2.41. The summed E-state index contributed by atoms with van der Waals surface area (Å²) in [7, 11) is 1.76. The standard InChI is InChI=1S/C13H19N7O/c1-14-10-17-11(15-9-13(3-4-13)5-8-21)19-12(18-10)20-7-2-6-16-20/h2,6-7,21H,3-5,8-9H2,1H3,(H2,14,15,17,18,19). The maximum absolute atomic E-state index is 9.10. The molecule has 0 spiro atoms. The van der Waals surface area contributed by atoms with Crippen LogP contribution in [-0.2, 0) is 0 Å². The molecule has 112 valence electrons. The molecule has 3 rings (SSSR count). The summed E-state index contributed by atoms with van der Waals surface area (Å²) in [5.41, 5.74) is 0.201. The molecule has 0 aromatic carbocycles. The van der Waals surface area contributed by atoms with Crippen molar-refractivity contribution in [2.24, 2.45) is 5.41 Å². The Bertz CT molecular complexity index is 595. The first-order chi connectivity index (χ1) is 10.2. The molecule has 2 aromatic rings. The monoisotopic (exact) mass is 289 g/mol. The highest BCUT2D eigenvalue weighted by molar-refractivity contribution is 5.37. The topological polar surface area (TPSA) is 101 Å². The van der Waals surface area contributed by atoms with Crippen LogP contribution in [0, 0.1) is 5.41 Å². The van der Waals surface area contributed by atoms with Crippen LogP contribution >= 0.6 is 0 Å². The normalized spacial score (nSPS) is 15.7. The van der Waals surface area contributed by atoms with Gasteiger partial charge in [-0.05, 0) is 30.7 Å². The van der Waals surface area contributed by atoms with Crippen LogP contribution in [0.3, 0.4) is 0 Å². The molecule has 0 radical (unpaired) electrons. The highest BCUT2D eigenvalue weighted by atomic mass is 16.3. The van der Waals surface area contributed by atoms with Crippen LogP contribution in [0.2, 0.25) is 0 Å². The molecule has 0 bridgehead atoms. The van der Waals surface area contributed by atoms with Gasteiger partial charge in [-0.25, -0.2) is 4.68 Å². The number of aliphatic hydroxyl groups excluding tert-OH is 1. The Balaban J connectivity index is 1.77. The molecule has 2 heterocycles. The lowest BCUT2D eigenvalue weighted by Crippen LogP contribution is -2.19. The maximum atomic E-state index is 9.10. The minimum absolute atomic E-state index is 0.201. The molecule has 0 aliphatic heterocycles. The second-order valence-corrected chi connectivity index (χ2v) is 5.31. The Morgan fingerprint density at radius 3 is 2.71 bits per heavy atom. The highest BCUT2D eigenvalue weighted by Crippen LogP contribution is 2.48. The van der Waals surface area contributed by atoms with E-state index in [2.05, 4.69) is 30.7 Å². The SMILES string of the molecule is CNc1nc(NCC2(CCO)CC2)nc(-n2cccn2)n1. The van der Waals surface area contributed by atoms with E-state index in [1.165, 1.54) is 0 Å². The summed E-state index contributed by atoms with van der Waals surface area (Å²) in [4.78, 5) is 13.0. The van der Waals surface area contributed by atoms with Crippen LogP contribution in [0.15, 0.2) is 18.5 Å². The van der Waals surface area contributed by atoms with Gasteiger partial charge in [0.1, 0.15) is 0 Å². The Morgan fingerprint density at radius 1 is 1.29 bits per heavy atom. The van der Waals surface area contributed by atoms with E-state index in [9.17, 15) is 0 Å². The van der Waals surface area contributed by atoms with Crippen LogP contribution in [0.1, 0.15) is 19.3 Å². The van der Waals surface area contributed by atoms with Gasteiger partial charge in [-0.1, -0.05) is 0 Å². The Labute approximate surface area is 122 Å². The number of hydrogen-bond acceptors (Lipinski definition) is 7. The minimum Gasteiger partial charge on any atom is -0.396 e. The number of hydrogen-bond donors (Lipinski definition) is 3. The quantitative estimate of drug-likeness (QED) is 0.688. The third-order valence-electron chi connectivity index (χ3n) is 3.78. The van der Waals surface area contributed by atoms with Crippen molar-refractivity contribution < 1.29 is 5.11 Å². The van der Waals surface area contributed by atoms with Gasteiger partial charge in [-0.15, -0.1) is 0 Å². The van der Waals surface area contributed by atoms with Crippen LogP contribution in [0.25, 0.3) is 5.95 Å². The summed E-state index contributed by atoms with van der Waals surface area (Å²) in [5.74, 6) is 1.47. The molecule has 0 saturated heterocycles. The van der Waals surface area contributed by atoms with Gasteiger partial charge >= 0.3 is 0 Å². The molecule has 1 fully saturated rings. The lowest BCUT2D eigenvalue weighted by molar-refractivity contribution is 0.253. The molecule has 8 heteroatoms. The average molecular weight is 289 g/mol. The Kier molecular flexibility index (Phi) is 3.70. The first-order valence-electron chi connectivity index (χ1n) is 7.03. The number of nitrogens with one attached hydrogen (secondary N) is 2. The van der Waals surface area contributed by atoms with Crippen LogP contribution in [-0.4, -0.2) is 50.0 Å². The van der Waals surface area contributed by atoms with Crippen LogP contribution in [0.5, 0.6) is 0 Å². The van der Waals surface area contributed by atoms with Gasteiger partial charge in [-0.3, -0.25) is 0 Å². The summed E-state index contributed by atoms with van der Waals surface area (Å²) >= 11 is 0. The molecule has 3 N–H and O–H groups in total. The zero-order valence-corrected chi connectivity index (χ0v) is 12.0.